The van der Waals surface area contributed by atoms with Gasteiger partial charge in [0.15, 0.2) is 0 Å². The Kier molecular flexibility index (Phi) is 6.19. The summed E-state index contributed by atoms with van der Waals surface area (Å²) in [6.45, 7) is 1.42. The average molecular weight is 410 g/mol. The number of aryl methyl sites for hydroxylation is 1. The third kappa shape index (κ3) is 4.75. The zero-order chi connectivity index (χ0) is 20.9. The Balaban J connectivity index is 2.00. The van der Waals surface area contributed by atoms with E-state index in [0.717, 1.165) is 9.87 Å². The van der Waals surface area contributed by atoms with Gasteiger partial charge in [0.05, 0.1) is 12.8 Å². The van der Waals surface area contributed by atoms with E-state index in [2.05, 4.69) is 5.32 Å². The highest BCUT2D eigenvalue weighted by Gasteiger charge is 2.30. The lowest BCUT2D eigenvalue weighted by Gasteiger charge is -2.25. The van der Waals surface area contributed by atoms with Crippen LogP contribution in [0.2, 0.25) is 0 Å². The number of nitrogens with one attached hydrogen (secondary N) is 1. The van der Waals surface area contributed by atoms with Crippen molar-refractivity contribution in [3.05, 3.63) is 84.4 Å². The summed E-state index contributed by atoms with van der Waals surface area (Å²) in [4.78, 5) is 12.7. The molecule has 1 N–H and O–H groups in total. The van der Waals surface area contributed by atoms with Crippen LogP contribution in [0.3, 0.4) is 0 Å². The van der Waals surface area contributed by atoms with Gasteiger partial charge in [0.25, 0.3) is 10.0 Å². The summed E-state index contributed by atoms with van der Waals surface area (Å²) in [5.41, 5.74) is 1.75. The fourth-order valence-corrected chi connectivity index (χ4v) is 4.53. The van der Waals surface area contributed by atoms with Gasteiger partial charge in [-0.1, -0.05) is 42.5 Å². The Morgan fingerprint density at radius 1 is 0.966 bits per heavy atom. The van der Waals surface area contributed by atoms with Gasteiger partial charge in [-0.25, -0.2) is 8.42 Å². The van der Waals surface area contributed by atoms with Crippen molar-refractivity contribution in [1.82, 2.24) is 0 Å². The van der Waals surface area contributed by atoms with Gasteiger partial charge in [-0.15, -0.1) is 0 Å². The van der Waals surface area contributed by atoms with E-state index in [-0.39, 0.29) is 17.2 Å². The molecule has 3 rings (SSSR count). The highest BCUT2D eigenvalue weighted by atomic mass is 32.2. The lowest BCUT2D eigenvalue weighted by atomic mass is 10.2. The maximum Gasteiger partial charge on any atom is 0.268 e. The highest BCUT2D eigenvalue weighted by Crippen LogP contribution is 2.30. The van der Waals surface area contributed by atoms with Gasteiger partial charge in [0.2, 0.25) is 5.91 Å². The molecule has 0 atom stereocenters. The van der Waals surface area contributed by atoms with Crippen LogP contribution >= 0.6 is 0 Å². The molecule has 7 heteroatoms. The second-order valence-electron chi connectivity index (χ2n) is 6.42. The molecule has 3 aromatic rings. The number of anilines is 2. The predicted octanol–water partition coefficient (Wildman–Crippen LogP) is 3.84. The molecular weight excluding hydrogens is 388 g/mol. The van der Waals surface area contributed by atoms with Crippen molar-refractivity contribution < 1.29 is 17.9 Å². The van der Waals surface area contributed by atoms with Gasteiger partial charge in [-0.2, -0.15) is 0 Å². The summed E-state index contributed by atoms with van der Waals surface area (Å²) in [6, 6.07) is 22.3. The zero-order valence-corrected chi connectivity index (χ0v) is 17.0. The third-order valence-corrected chi connectivity index (χ3v) is 6.07. The second kappa shape index (κ2) is 8.79. The Hall–Kier alpha value is -3.32. The van der Waals surface area contributed by atoms with Gasteiger partial charge < -0.3 is 10.1 Å². The summed E-state index contributed by atoms with van der Waals surface area (Å²) >= 11 is 0. The minimum atomic E-state index is -4.06. The maximum atomic E-state index is 13.5. The Bertz CT molecular complexity index is 1080. The first-order valence-corrected chi connectivity index (χ1v) is 10.4. The number of carbonyl (C=O) groups excluding carboxylic acids is 1. The number of hydrogen-bond acceptors (Lipinski definition) is 4. The predicted molar refractivity (Wildman–Crippen MR) is 114 cm³/mol. The Morgan fingerprint density at radius 3 is 2.21 bits per heavy atom. The number of methoxy groups -OCH3 is 1. The van der Waals surface area contributed by atoms with Gasteiger partial charge in [-0.3, -0.25) is 9.10 Å². The molecule has 0 aliphatic heterocycles. The van der Waals surface area contributed by atoms with E-state index in [4.69, 9.17) is 4.74 Å². The van der Waals surface area contributed by atoms with Crippen molar-refractivity contribution >= 4 is 27.3 Å². The summed E-state index contributed by atoms with van der Waals surface area (Å²) < 4.78 is 33.4. The molecule has 0 spiro atoms. The van der Waals surface area contributed by atoms with E-state index in [1.165, 1.54) is 7.11 Å². The van der Waals surface area contributed by atoms with Gasteiger partial charge in [-0.05, 0) is 48.9 Å². The zero-order valence-electron chi connectivity index (χ0n) is 16.2. The summed E-state index contributed by atoms with van der Waals surface area (Å²) in [7, 11) is -2.64. The SMILES string of the molecule is COc1ccc(C)cc1S(=O)(=O)N(CC(=O)Nc1ccccc1)c1ccccc1. The third-order valence-electron chi connectivity index (χ3n) is 4.28. The fraction of sp³-hybridized carbons (Fsp3) is 0.136. The van der Waals surface area contributed by atoms with Crippen LogP contribution < -0.4 is 14.4 Å². The molecule has 0 fully saturated rings. The van der Waals surface area contributed by atoms with E-state index >= 15 is 0 Å². The molecule has 0 saturated heterocycles. The van der Waals surface area contributed by atoms with Crippen molar-refractivity contribution in [2.45, 2.75) is 11.8 Å². The first-order valence-electron chi connectivity index (χ1n) is 8.99. The van der Waals surface area contributed by atoms with Crippen LogP contribution in [0.15, 0.2) is 83.8 Å². The number of nitrogens with zero attached hydrogens (tertiary/aromatic N) is 1. The molecule has 0 aliphatic carbocycles. The lowest BCUT2D eigenvalue weighted by molar-refractivity contribution is -0.114. The molecule has 150 valence electrons. The molecule has 29 heavy (non-hydrogen) atoms. The normalized spacial score (nSPS) is 11.0. The maximum absolute atomic E-state index is 13.5. The first kappa shape index (κ1) is 20.4. The van der Waals surface area contributed by atoms with Crippen LogP contribution in [0.1, 0.15) is 5.56 Å². The summed E-state index contributed by atoms with van der Waals surface area (Å²) in [6.07, 6.45) is 0. The highest BCUT2D eigenvalue weighted by molar-refractivity contribution is 7.93. The fourth-order valence-electron chi connectivity index (χ4n) is 2.87. The minimum absolute atomic E-state index is 0.0105. The molecule has 0 unspecified atom stereocenters. The van der Waals surface area contributed by atoms with Crippen LogP contribution in [-0.4, -0.2) is 28.0 Å². The Morgan fingerprint density at radius 2 is 1.59 bits per heavy atom. The van der Waals surface area contributed by atoms with Crippen LogP contribution in [0.25, 0.3) is 0 Å². The van der Waals surface area contributed by atoms with E-state index < -0.39 is 15.9 Å². The smallest absolute Gasteiger partial charge is 0.268 e. The molecule has 0 saturated carbocycles. The number of hydrogen-bond donors (Lipinski definition) is 1. The van der Waals surface area contributed by atoms with Crippen LogP contribution in [-0.2, 0) is 14.8 Å². The topological polar surface area (TPSA) is 75.7 Å². The van der Waals surface area contributed by atoms with Gasteiger partial charge >= 0.3 is 0 Å². The molecular formula is C22H22N2O4S. The number of ether oxygens (including phenoxy) is 1. The number of benzene rings is 3. The molecule has 1 amide bonds. The summed E-state index contributed by atoms with van der Waals surface area (Å²) in [5, 5.41) is 2.73. The van der Waals surface area contributed by atoms with Crippen molar-refractivity contribution in [3.63, 3.8) is 0 Å². The molecule has 0 bridgehead atoms. The van der Waals surface area contributed by atoms with E-state index in [1.807, 2.05) is 6.07 Å². The van der Waals surface area contributed by atoms with Crippen LogP contribution in [0.4, 0.5) is 11.4 Å². The number of sulfonamides is 1. The molecule has 0 aromatic heterocycles. The van der Waals surface area contributed by atoms with E-state index in [1.54, 1.807) is 79.7 Å². The quantitative estimate of drug-likeness (QED) is 0.642. The lowest BCUT2D eigenvalue weighted by Crippen LogP contribution is -2.38. The monoisotopic (exact) mass is 410 g/mol. The van der Waals surface area contributed by atoms with E-state index in [9.17, 15) is 13.2 Å². The number of carbonyl (C=O) groups is 1. The van der Waals surface area contributed by atoms with Gasteiger partial charge in [0, 0.05) is 5.69 Å². The largest absolute Gasteiger partial charge is 0.495 e. The first-order chi connectivity index (χ1) is 13.9. The summed E-state index contributed by atoms with van der Waals surface area (Å²) in [5.74, 6) is -0.227. The number of amides is 1. The van der Waals surface area contributed by atoms with Gasteiger partial charge in [0.1, 0.15) is 17.2 Å². The minimum Gasteiger partial charge on any atom is -0.495 e. The van der Waals surface area contributed by atoms with Crippen molar-refractivity contribution in [3.8, 4) is 5.75 Å². The van der Waals surface area contributed by atoms with Crippen molar-refractivity contribution in [1.29, 1.82) is 0 Å². The van der Waals surface area contributed by atoms with Crippen molar-refractivity contribution in [2.24, 2.45) is 0 Å². The van der Waals surface area contributed by atoms with E-state index in [0.29, 0.717) is 11.4 Å². The molecule has 0 radical (unpaired) electrons. The van der Waals surface area contributed by atoms with Crippen LogP contribution in [0, 0.1) is 6.92 Å². The Labute approximate surface area is 170 Å². The average Bonchev–Trinajstić information content (AvgIpc) is 2.73. The molecule has 0 aliphatic rings. The molecule has 3 aromatic carbocycles. The number of rotatable bonds is 7. The van der Waals surface area contributed by atoms with Crippen molar-refractivity contribution in [2.75, 3.05) is 23.3 Å². The molecule has 6 nitrogen and oxygen atoms in total. The molecule has 0 heterocycles. The van der Waals surface area contributed by atoms with Crippen LogP contribution in [0.5, 0.6) is 5.75 Å². The number of para-hydroxylation sites is 2. The standard InChI is InChI=1S/C22H22N2O4S/c1-17-13-14-20(28-2)21(15-17)29(26,27)24(19-11-7-4-8-12-19)16-22(25)23-18-9-5-3-6-10-18/h3-15H,16H2,1-2H3,(H,23,25). The second-order valence-corrected chi connectivity index (χ2v) is 8.25.